The van der Waals surface area contributed by atoms with Crippen LogP contribution in [0.3, 0.4) is 0 Å². The Morgan fingerprint density at radius 1 is 1.30 bits per heavy atom. The van der Waals surface area contributed by atoms with Crippen molar-refractivity contribution in [3.05, 3.63) is 58.1 Å². The van der Waals surface area contributed by atoms with Crippen LogP contribution in [0.2, 0.25) is 0 Å². The summed E-state index contributed by atoms with van der Waals surface area (Å²) in [6, 6.07) is 13.4. The van der Waals surface area contributed by atoms with Crippen LogP contribution in [0.4, 0.5) is 5.69 Å². The van der Waals surface area contributed by atoms with E-state index in [1.54, 1.807) is 7.05 Å². The second-order valence-corrected chi connectivity index (χ2v) is 7.61. The number of nitrogens with one attached hydrogen (secondary N) is 1. The third kappa shape index (κ3) is 3.45. The number of oxime groups is 1. The number of nitrogens with zero attached hydrogens (tertiary/aromatic N) is 3. The summed E-state index contributed by atoms with van der Waals surface area (Å²) in [6.07, 6.45) is 0. The summed E-state index contributed by atoms with van der Waals surface area (Å²) in [5.41, 5.74) is 4.20. The summed E-state index contributed by atoms with van der Waals surface area (Å²) >= 11 is 9.29. The molecule has 0 unspecified atom stereocenters. The number of aromatic amines is 1. The Balaban J connectivity index is 1.80. The standard InChI is InChI=1S/C19H16BrClN4O2/c1-25(21)8-9-27-24-17-12-4-2-3-5-14(12)22-18(17)16-13-10-11(20)6-7-15(13)23-19(16)26/h2-7,10,23,26H,8-9H2,1H3. The van der Waals surface area contributed by atoms with Crippen molar-refractivity contribution >= 4 is 55.7 Å². The Morgan fingerprint density at radius 3 is 2.93 bits per heavy atom. The molecule has 2 N–H and O–H groups in total. The molecule has 0 saturated carbocycles. The molecular formula is C19H16BrClN4O2. The molecule has 4 rings (SSSR count). The molecule has 1 aliphatic rings. The van der Waals surface area contributed by atoms with Crippen LogP contribution >= 0.6 is 27.7 Å². The number of aliphatic imine (C=N–C) groups is 1. The van der Waals surface area contributed by atoms with Crippen molar-refractivity contribution in [2.75, 3.05) is 20.2 Å². The normalized spacial score (nSPS) is 14.8. The molecule has 0 amide bonds. The van der Waals surface area contributed by atoms with E-state index in [0.717, 1.165) is 26.6 Å². The third-order valence-electron chi connectivity index (χ3n) is 4.24. The molecule has 1 aliphatic heterocycles. The van der Waals surface area contributed by atoms with E-state index in [0.29, 0.717) is 30.1 Å². The van der Waals surface area contributed by atoms with E-state index < -0.39 is 0 Å². The van der Waals surface area contributed by atoms with Gasteiger partial charge in [0.1, 0.15) is 18.0 Å². The molecule has 0 saturated heterocycles. The van der Waals surface area contributed by atoms with Crippen LogP contribution in [0.25, 0.3) is 10.9 Å². The van der Waals surface area contributed by atoms with Gasteiger partial charge in [-0.3, -0.25) is 0 Å². The van der Waals surface area contributed by atoms with Gasteiger partial charge in [0.05, 0.1) is 17.8 Å². The molecule has 0 spiro atoms. The minimum absolute atomic E-state index is 0.0443. The van der Waals surface area contributed by atoms with E-state index in [1.165, 1.54) is 4.42 Å². The number of halogens is 2. The number of hydrogen-bond donors (Lipinski definition) is 2. The number of aromatic hydroxyl groups is 1. The maximum absolute atomic E-state index is 10.6. The molecule has 0 fully saturated rings. The van der Waals surface area contributed by atoms with Gasteiger partial charge < -0.3 is 14.9 Å². The van der Waals surface area contributed by atoms with Crippen LogP contribution in [-0.2, 0) is 4.84 Å². The molecule has 2 heterocycles. The number of para-hydroxylation sites is 1. The summed E-state index contributed by atoms with van der Waals surface area (Å²) < 4.78 is 2.41. The largest absolute Gasteiger partial charge is 0.494 e. The first-order chi connectivity index (χ1) is 13.0. The van der Waals surface area contributed by atoms with Crippen LogP contribution in [0, 0.1) is 0 Å². The SMILES string of the molecule is CN(Cl)CCON=C1C(c2c(O)[nH]c3ccc(Br)cc23)=Nc2ccccc21. The zero-order valence-electron chi connectivity index (χ0n) is 14.4. The third-order valence-corrected chi connectivity index (χ3v) is 4.90. The summed E-state index contributed by atoms with van der Waals surface area (Å²) in [6.45, 7) is 0.863. The highest BCUT2D eigenvalue weighted by atomic mass is 79.9. The van der Waals surface area contributed by atoms with E-state index in [1.807, 2.05) is 42.5 Å². The highest BCUT2D eigenvalue weighted by Crippen LogP contribution is 2.36. The average Bonchev–Trinajstić information content (AvgIpc) is 3.14. The molecule has 1 aromatic heterocycles. The van der Waals surface area contributed by atoms with Gasteiger partial charge in [0.25, 0.3) is 0 Å². The van der Waals surface area contributed by atoms with Gasteiger partial charge in [-0.15, -0.1) is 0 Å². The van der Waals surface area contributed by atoms with Crippen molar-refractivity contribution < 1.29 is 9.94 Å². The molecule has 8 heteroatoms. The molecule has 0 bridgehead atoms. The first-order valence-electron chi connectivity index (χ1n) is 8.30. The van der Waals surface area contributed by atoms with Crippen LogP contribution in [-0.4, -0.2) is 46.1 Å². The predicted octanol–water partition coefficient (Wildman–Crippen LogP) is 4.58. The monoisotopic (exact) mass is 446 g/mol. The second kappa shape index (κ2) is 7.34. The van der Waals surface area contributed by atoms with Gasteiger partial charge in [-0.1, -0.05) is 39.3 Å². The molecule has 0 aliphatic carbocycles. The Hall–Kier alpha value is -2.35. The topological polar surface area (TPSA) is 73.2 Å². The van der Waals surface area contributed by atoms with Crippen LogP contribution in [0.15, 0.2) is 57.1 Å². The molecule has 2 aromatic carbocycles. The first-order valence-corrected chi connectivity index (χ1v) is 9.43. The zero-order chi connectivity index (χ0) is 19.0. The predicted molar refractivity (Wildman–Crippen MR) is 111 cm³/mol. The second-order valence-electron chi connectivity index (χ2n) is 6.12. The van der Waals surface area contributed by atoms with Gasteiger partial charge >= 0.3 is 0 Å². The highest BCUT2D eigenvalue weighted by molar-refractivity contribution is 9.10. The number of fused-ring (bicyclic) bond motifs is 2. The van der Waals surface area contributed by atoms with Gasteiger partial charge in [-0.05, 0) is 36.0 Å². The summed E-state index contributed by atoms with van der Waals surface area (Å²) in [4.78, 5) is 13.2. The van der Waals surface area contributed by atoms with E-state index in [9.17, 15) is 5.11 Å². The summed E-state index contributed by atoms with van der Waals surface area (Å²) in [5, 5.41) is 15.7. The number of benzene rings is 2. The van der Waals surface area contributed by atoms with Gasteiger partial charge in [0.15, 0.2) is 5.88 Å². The fourth-order valence-corrected chi connectivity index (χ4v) is 3.44. The van der Waals surface area contributed by atoms with Gasteiger partial charge in [-0.2, -0.15) is 0 Å². The van der Waals surface area contributed by atoms with Crippen molar-refractivity contribution in [2.45, 2.75) is 0 Å². The van der Waals surface area contributed by atoms with Crippen LogP contribution in [0.5, 0.6) is 5.88 Å². The van der Waals surface area contributed by atoms with Crippen molar-refractivity contribution in [3.63, 3.8) is 0 Å². The van der Waals surface area contributed by atoms with Crippen LogP contribution in [0.1, 0.15) is 11.1 Å². The number of likely N-dealkylation sites (N-methyl/N-ethyl adjacent to an activating group) is 1. The molecule has 6 nitrogen and oxygen atoms in total. The minimum atomic E-state index is 0.0443. The molecule has 3 aromatic rings. The number of rotatable bonds is 5. The zero-order valence-corrected chi connectivity index (χ0v) is 16.8. The summed E-state index contributed by atoms with van der Waals surface area (Å²) in [5.74, 6) is 0.0443. The van der Waals surface area contributed by atoms with E-state index >= 15 is 0 Å². The first kappa shape index (κ1) is 18.0. The number of aromatic nitrogens is 1. The highest BCUT2D eigenvalue weighted by Gasteiger charge is 2.29. The van der Waals surface area contributed by atoms with Gasteiger partial charge in [-0.25, -0.2) is 9.41 Å². The Labute approximate surface area is 169 Å². The fraction of sp³-hybridized carbons (Fsp3) is 0.158. The van der Waals surface area contributed by atoms with E-state index in [-0.39, 0.29) is 5.88 Å². The van der Waals surface area contributed by atoms with Crippen molar-refractivity contribution in [1.82, 2.24) is 9.40 Å². The van der Waals surface area contributed by atoms with E-state index in [4.69, 9.17) is 21.6 Å². The van der Waals surface area contributed by atoms with Gasteiger partial charge in [0.2, 0.25) is 0 Å². The maximum Gasteiger partial charge on any atom is 0.199 e. The van der Waals surface area contributed by atoms with Crippen molar-refractivity contribution in [1.29, 1.82) is 0 Å². The quantitative estimate of drug-likeness (QED) is 0.342. The average molecular weight is 448 g/mol. The molecule has 0 radical (unpaired) electrons. The molecule has 27 heavy (non-hydrogen) atoms. The molecule has 0 atom stereocenters. The Kier molecular flexibility index (Phi) is 4.90. The lowest BCUT2D eigenvalue weighted by Crippen LogP contribution is -2.16. The lowest BCUT2D eigenvalue weighted by molar-refractivity contribution is 0.137. The fourth-order valence-electron chi connectivity index (χ4n) is 3.01. The number of H-pyrrole nitrogens is 1. The smallest absolute Gasteiger partial charge is 0.199 e. The lowest BCUT2D eigenvalue weighted by Gasteiger charge is -2.07. The number of hydrogen-bond acceptors (Lipinski definition) is 5. The lowest BCUT2D eigenvalue weighted by atomic mass is 10.0. The van der Waals surface area contributed by atoms with Gasteiger partial charge in [0, 0.05) is 28.0 Å². The summed E-state index contributed by atoms with van der Waals surface area (Å²) in [7, 11) is 1.75. The van der Waals surface area contributed by atoms with Crippen molar-refractivity contribution in [2.24, 2.45) is 10.1 Å². The Morgan fingerprint density at radius 2 is 2.11 bits per heavy atom. The maximum atomic E-state index is 10.6. The van der Waals surface area contributed by atoms with E-state index in [2.05, 4.69) is 26.1 Å². The van der Waals surface area contributed by atoms with Crippen LogP contribution < -0.4 is 0 Å². The molecular weight excluding hydrogens is 432 g/mol. The minimum Gasteiger partial charge on any atom is -0.494 e. The Bertz CT molecular complexity index is 1070. The van der Waals surface area contributed by atoms with Crippen molar-refractivity contribution in [3.8, 4) is 5.88 Å². The molecule has 138 valence electrons.